The molecule has 0 aliphatic rings. The topological polar surface area (TPSA) is 76.3 Å². The van der Waals surface area contributed by atoms with E-state index >= 15 is 0 Å². The van der Waals surface area contributed by atoms with Crippen LogP contribution >= 0.6 is 0 Å². The Kier molecular flexibility index (Phi) is 6.15. The van der Waals surface area contributed by atoms with Crippen molar-refractivity contribution >= 4 is 0 Å². The Morgan fingerprint density at radius 3 is 2.40 bits per heavy atom. The molecule has 3 N–H and O–H groups in total. The predicted molar refractivity (Wildman–Crippen MR) is 78.9 cm³/mol. The maximum atomic E-state index is 9.60. The van der Waals surface area contributed by atoms with E-state index in [1.54, 1.807) is 0 Å². The molecule has 0 spiro atoms. The Labute approximate surface area is 121 Å². The summed E-state index contributed by atoms with van der Waals surface area (Å²) in [7, 11) is 0. The zero-order valence-corrected chi connectivity index (χ0v) is 12.4. The minimum Gasteiger partial charge on any atom is -0.394 e. The van der Waals surface area contributed by atoms with E-state index in [0.717, 1.165) is 5.56 Å². The van der Waals surface area contributed by atoms with Gasteiger partial charge in [0.2, 0.25) is 0 Å². The number of benzene rings is 1. The van der Waals surface area contributed by atoms with Crippen LogP contribution in [0.25, 0.3) is 0 Å². The molecule has 0 amide bonds. The average Bonchev–Trinajstić information content (AvgIpc) is 2.44. The Bertz CT molecular complexity index is 440. The summed E-state index contributed by atoms with van der Waals surface area (Å²) in [6.07, 6.45) is -0.425. The number of rotatable bonds is 7. The van der Waals surface area contributed by atoms with Crippen molar-refractivity contribution < 1.29 is 10.2 Å². The Morgan fingerprint density at radius 1 is 1.30 bits per heavy atom. The molecular weight excluding hydrogens is 252 g/mol. The van der Waals surface area contributed by atoms with E-state index in [1.165, 1.54) is 0 Å². The zero-order chi connectivity index (χ0) is 15.2. The highest BCUT2D eigenvalue weighted by Gasteiger charge is 2.32. The van der Waals surface area contributed by atoms with Crippen LogP contribution < -0.4 is 5.32 Å². The predicted octanol–water partition coefficient (Wildman–Crippen LogP) is 2.00. The summed E-state index contributed by atoms with van der Waals surface area (Å²) in [5.74, 6) is 0. The van der Waals surface area contributed by atoms with Crippen molar-refractivity contribution in [3.63, 3.8) is 0 Å². The first-order chi connectivity index (χ1) is 9.40. The monoisotopic (exact) mass is 276 g/mol. The second-order valence-corrected chi connectivity index (χ2v) is 5.89. The van der Waals surface area contributed by atoms with E-state index in [-0.39, 0.29) is 12.6 Å². The standard InChI is InChI=1S/C16H24N2O2/c1-12(13-7-5-4-6-8-13)18-15(10-17)16(2,3)9-14(20)11-19/h4-8,12,14-15,18-20H,9,11H2,1-3H3/t12-,14-,15+/m1/s1. The molecule has 1 aromatic rings. The summed E-state index contributed by atoms with van der Waals surface area (Å²) in [6.45, 7) is 5.57. The minimum atomic E-state index is -0.797. The van der Waals surface area contributed by atoms with Gasteiger partial charge in [-0.25, -0.2) is 0 Å². The van der Waals surface area contributed by atoms with Crippen molar-refractivity contribution in [1.82, 2.24) is 5.32 Å². The van der Waals surface area contributed by atoms with Gasteiger partial charge in [-0.2, -0.15) is 5.26 Å². The fraction of sp³-hybridized carbons (Fsp3) is 0.562. The highest BCUT2D eigenvalue weighted by atomic mass is 16.3. The average molecular weight is 276 g/mol. The Morgan fingerprint density at radius 2 is 1.90 bits per heavy atom. The molecule has 4 nitrogen and oxygen atoms in total. The minimum absolute atomic E-state index is 0.0476. The molecule has 0 bridgehead atoms. The summed E-state index contributed by atoms with van der Waals surface area (Å²) >= 11 is 0. The van der Waals surface area contributed by atoms with Crippen LogP contribution in [0.4, 0.5) is 0 Å². The number of hydrogen-bond acceptors (Lipinski definition) is 4. The summed E-state index contributed by atoms with van der Waals surface area (Å²) in [5, 5.41) is 31.2. The Balaban J connectivity index is 2.74. The van der Waals surface area contributed by atoms with Gasteiger partial charge in [-0.05, 0) is 24.3 Å². The summed E-state index contributed by atoms with van der Waals surface area (Å²) in [5.41, 5.74) is 0.686. The van der Waals surface area contributed by atoms with Gasteiger partial charge in [0.25, 0.3) is 0 Å². The van der Waals surface area contributed by atoms with Gasteiger partial charge in [0, 0.05) is 6.04 Å². The van der Waals surface area contributed by atoms with Crippen LogP contribution in [0.3, 0.4) is 0 Å². The third-order valence-electron chi connectivity index (χ3n) is 3.60. The van der Waals surface area contributed by atoms with Crippen LogP contribution in [-0.4, -0.2) is 29.0 Å². The summed E-state index contributed by atoms with van der Waals surface area (Å²) in [4.78, 5) is 0. The normalized spacial score (nSPS) is 16.2. The second-order valence-electron chi connectivity index (χ2n) is 5.89. The fourth-order valence-electron chi connectivity index (χ4n) is 2.32. The molecule has 0 radical (unpaired) electrons. The first-order valence-electron chi connectivity index (χ1n) is 6.90. The number of nitrogens with one attached hydrogen (secondary N) is 1. The van der Waals surface area contributed by atoms with Gasteiger partial charge in [0.15, 0.2) is 0 Å². The molecule has 20 heavy (non-hydrogen) atoms. The van der Waals surface area contributed by atoms with Gasteiger partial charge < -0.3 is 10.2 Å². The quantitative estimate of drug-likeness (QED) is 0.712. The van der Waals surface area contributed by atoms with Crippen LogP contribution in [0.1, 0.15) is 38.8 Å². The maximum Gasteiger partial charge on any atom is 0.101 e. The number of nitrogens with zero attached hydrogens (tertiary/aromatic N) is 1. The number of aliphatic hydroxyl groups excluding tert-OH is 2. The summed E-state index contributed by atoms with van der Waals surface area (Å²) < 4.78 is 0. The molecule has 1 aromatic carbocycles. The van der Waals surface area contributed by atoms with E-state index in [0.29, 0.717) is 6.42 Å². The first-order valence-corrected chi connectivity index (χ1v) is 6.90. The van der Waals surface area contributed by atoms with Gasteiger partial charge in [-0.1, -0.05) is 44.2 Å². The third kappa shape index (κ3) is 4.61. The van der Waals surface area contributed by atoms with Gasteiger partial charge >= 0.3 is 0 Å². The molecule has 0 heterocycles. The molecule has 1 rings (SSSR count). The van der Waals surface area contributed by atoms with Crippen molar-refractivity contribution in [3.8, 4) is 6.07 Å². The van der Waals surface area contributed by atoms with E-state index < -0.39 is 17.6 Å². The molecule has 0 unspecified atom stereocenters. The molecule has 3 atom stereocenters. The maximum absolute atomic E-state index is 9.60. The fourth-order valence-corrected chi connectivity index (χ4v) is 2.32. The molecule has 0 saturated carbocycles. The van der Waals surface area contributed by atoms with Gasteiger partial charge in [-0.15, -0.1) is 0 Å². The number of hydrogen-bond donors (Lipinski definition) is 3. The lowest BCUT2D eigenvalue weighted by Gasteiger charge is -2.33. The zero-order valence-electron chi connectivity index (χ0n) is 12.4. The SMILES string of the molecule is C[C@@H](N[C@@H](C#N)C(C)(C)C[C@@H](O)CO)c1ccccc1. The molecule has 0 aromatic heterocycles. The first kappa shape index (κ1) is 16.6. The Hall–Kier alpha value is -1.41. The van der Waals surface area contributed by atoms with Gasteiger partial charge in [0.1, 0.15) is 6.04 Å². The van der Waals surface area contributed by atoms with Gasteiger partial charge in [-0.3, -0.25) is 5.32 Å². The van der Waals surface area contributed by atoms with Crippen molar-refractivity contribution in [2.75, 3.05) is 6.61 Å². The highest BCUT2D eigenvalue weighted by Crippen LogP contribution is 2.28. The van der Waals surface area contributed by atoms with Gasteiger partial charge in [0.05, 0.1) is 18.8 Å². The van der Waals surface area contributed by atoms with Crippen LogP contribution in [0.15, 0.2) is 30.3 Å². The molecule has 110 valence electrons. The molecule has 0 aliphatic heterocycles. The van der Waals surface area contributed by atoms with Crippen molar-refractivity contribution in [2.45, 2.75) is 45.4 Å². The summed E-state index contributed by atoms with van der Waals surface area (Å²) in [6, 6.07) is 11.8. The van der Waals surface area contributed by atoms with Crippen LogP contribution in [0, 0.1) is 16.7 Å². The van der Waals surface area contributed by atoms with E-state index in [2.05, 4.69) is 11.4 Å². The van der Waals surface area contributed by atoms with E-state index in [1.807, 2.05) is 51.1 Å². The molecule has 4 heteroatoms. The van der Waals surface area contributed by atoms with E-state index in [4.69, 9.17) is 5.11 Å². The largest absolute Gasteiger partial charge is 0.394 e. The van der Waals surface area contributed by atoms with Crippen LogP contribution in [0.2, 0.25) is 0 Å². The van der Waals surface area contributed by atoms with Crippen LogP contribution in [0.5, 0.6) is 0 Å². The van der Waals surface area contributed by atoms with Crippen molar-refractivity contribution in [3.05, 3.63) is 35.9 Å². The lowest BCUT2D eigenvalue weighted by molar-refractivity contribution is 0.0494. The molecular formula is C16H24N2O2. The second kappa shape index (κ2) is 7.39. The lowest BCUT2D eigenvalue weighted by atomic mass is 9.79. The molecule has 0 saturated heterocycles. The molecule has 0 fully saturated rings. The number of aliphatic hydroxyl groups is 2. The smallest absolute Gasteiger partial charge is 0.101 e. The van der Waals surface area contributed by atoms with Crippen molar-refractivity contribution in [1.29, 1.82) is 5.26 Å². The third-order valence-corrected chi connectivity index (χ3v) is 3.60. The van der Waals surface area contributed by atoms with E-state index in [9.17, 15) is 10.4 Å². The molecule has 0 aliphatic carbocycles. The number of nitriles is 1. The highest BCUT2D eigenvalue weighted by molar-refractivity contribution is 5.19. The lowest BCUT2D eigenvalue weighted by Crippen LogP contribution is -2.44. The van der Waals surface area contributed by atoms with Crippen molar-refractivity contribution in [2.24, 2.45) is 5.41 Å². The van der Waals surface area contributed by atoms with Crippen LogP contribution in [-0.2, 0) is 0 Å².